The van der Waals surface area contributed by atoms with Gasteiger partial charge in [-0.3, -0.25) is 15.0 Å². The van der Waals surface area contributed by atoms with Gasteiger partial charge < -0.3 is 10.1 Å². The van der Waals surface area contributed by atoms with Crippen LogP contribution in [-0.2, 0) is 4.74 Å². The Balaban J connectivity index is 1.88. The summed E-state index contributed by atoms with van der Waals surface area (Å²) in [6.45, 7) is 6.45. The van der Waals surface area contributed by atoms with Crippen molar-refractivity contribution in [2.24, 2.45) is 0 Å². The van der Waals surface area contributed by atoms with Crippen molar-refractivity contribution in [1.82, 2.24) is 4.90 Å². The highest BCUT2D eigenvalue weighted by molar-refractivity contribution is 5.50. The second-order valence-electron chi connectivity index (χ2n) is 4.57. The van der Waals surface area contributed by atoms with Crippen molar-refractivity contribution in [2.45, 2.75) is 13.0 Å². The minimum atomic E-state index is -0.388. The molecule has 6 heteroatoms. The van der Waals surface area contributed by atoms with Crippen LogP contribution < -0.4 is 5.32 Å². The highest BCUT2D eigenvalue weighted by Gasteiger charge is 2.19. The number of nitrogens with one attached hydrogen (secondary N) is 1. The zero-order chi connectivity index (χ0) is 13.7. The fourth-order valence-electron chi connectivity index (χ4n) is 2.15. The summed E-state index contributed by atoms with van der Waals surface area (Å²) >= 11 is 0. The van der Waals surface area contributed by atoms with Crippen molar-refractivity contribution in [1.29, 1.82) is 0 Å². The van der Waals surface area contributed by atoms with Crippen LogP contribution in [0.2, 0.25) is 0 Å². The minimum Gasteiger partial charge on any atom is -0.382 e. The molecule has 1 unspecified atom stereocenters. The highest BCUT2D eigenvalue weighted by atomic mass is 16.6. The van der Waals surface area contributed by atoms with Gasteiger partial charge in [0.2, 0.25) is 0 Å². The number of hydrogen-bond donors (Lipinski definition) is 1. The fraction of sp³-hybridized carbons (Fsp3) is 0.538. The summed E-state index contributed by atoms with van der Waals surface area (Å²) in [7, 11) is 0. The van der Waals surface area contributed by atoms with Gasteiger partial charge in [-0.2, -0.15) is 0 Å². The zero-order valence-electron chi connectivity index (χ0n) is 11.0. The lowest BCUT2D eigenvalue weighted by Crippen LogP contribution is -2.45. The Morgan fingerprint density at radius 3 is 3.16 bits per heavy atom. The SMILES string of the molecule is CCN1CCOC(CNc2cccc([N+](=O)[O-])c2)C1. The van der Waals surface area contributed by atoms with E-state index in [2.05, 4.69) is 17.1 Å². The number of nitro groups is 1. The van der Waals surface area contributed by atoms with E-state index in [4.69, 9.17) is 4.74 Å². The van der Waals surface area contributed by atoms with Crippen LogP contribution in [0.25, 0.3) is 0 Å². The Morgan fingerprint density at radius 1 is 1.58 bits per heavy atom. The van der Waals surface area contributed by atoms with Gasteiger partial charge in [0.1, 0.15) is 0 Å². The van der Waals surface area contributed by atoms with Crippen LogP contribution in [0.3, 0.4) is 0 Å². The second kappa shape index (κ2) is 6.49. The largest absolute Gasteiger partial charge is 0.382 e. The fourth-order valence-corrected chi connectivity index (χ4v) is 2.15. The molecule has 1 atom stereocenters. The average Bonchev–Trinajstić information content (AvgIpc) is 2.45. The Morgan fingerprint density at radius 2 is 2.42 bits per heavy atom. The van der Waals surface area contributed by atoms with Gasteiger partial charge in [0.05, 0.1) is 17.6 Å². The number of non-ortho nitro benzene ring substituents is 1. The van der Waals surface area contributed by atoms with Crippen LogP contribution in [0.15, 0.2) is 24.3 Å². The molecule has 104 valence electrons. The molecule has 1 N–H and O–H groups in total. The number of morpholine rings is 1. The van der Waals surface area contributed by atoms with E-state index < -0.39 is 0 Å². The summed E-state index contributed by atoms with van der Waals surface area (Å²) in [6, 6.07) is 6.54. The van der Waals surface area contributed by atoms with Crippen molar-refractivity contribution < 1.29 is 9.66 Å². The molecule has 1 aromatic carbocycles. The van der Waals surface area contributed by atoms with Crippen molar-refractivity contribution in [3.63, 3.8) is 0 Å². The highest BCUT2D eigenvalue weighted by Crippen LogP contribution is 2.17. The summed E-state index contributed by atoms with van der Waals surface area (Å²) in [5, 5.41) is 13.9. The van der Waals surface area contributed by atoms with Gasteiger partial charge in [0.25, 0.3) is 5.69 Å². The number of ether oxygens (including phenoxy) is 1. The lowest BCUT2D eigenvalue weighted by Gasteiger charge is -2.32. The molecule has 0 aliphatic carbocycles. The first-order chi connectivity index (χ1) is 9.19. The molecule has 1 fully saturated rings. The van der Waals surface area contributed by atoms with E-state index in [1.807, 2.05) is 6.07 Å². The Hall–Kier alpha value is -1.66. The number of rotatable bonds is 5. The molecule has 1 aliphatic rings. The monoisotopic (exact) mass is 265 g/mol. The summed E-state index contributed by atoms with van der Waals surface area (Å²) < 4.78 is 5.67. The van der Waals surface area contributed by atoms with Gasteiger partial charge in [0, 0.05) is 37.5 Å². The number of nitro benzene ring substituents is 1. The van der Waals surface area contributed by atoms with Crippen LogP contribution >= 0.6 is 0 Å². The standard InChI is InChI=1S/C13H19N3O3/c1-2-15-6-7-19-13(10-15)9-14-11-4-3-5-12(8-11)16(17)18/h3-5,8,13-14H,2,6-7,9-10H2,1H3. The molecule has 6 nitrogen and oxygen atoms in total. The number of benzene rings is 1. The molecule has 0 spiro atoms. The number of nitrogens with zero attached hydrogens (tertiary/aromatic N) is 2. The maximum atomic E-state index is 10.7. The predicted octanol–water partition coefficient (Wildman–Crippen LogP) is 1.73. The van der Waals surface area contributed by atoms with Gasteiger partial charge in [-0.05, 0) is 12.6 Å². The van der Waals surface area contributed by atoms with Crippen LogP contribution in [0.4, 0.5) is 11.4 Å². The summed E-state index contributed by atoms with van der Waals surface area (Å²) in [4.78, 5) is 12.6. The molecule has 0 bridgehead atoms. The first-order valence-electron chi connectivity index (χ1n) is 6.51. The maximum absolute atomic E-state index is 10.7. The van der Waals surface area contributed by atoms with Gasteiger partial charge in [-0.15, -0.1) is 0 Å². The first-order valence-corrected chi connectivity index (χ1v) is 6.51. The third-order valence-corrected chi connectivity index (χ3v) is 3.26. The molecule has 0 saturated carbocycles. The van der Waals surface area contributed by atoms with Gasteiger partial charge in [-0.25, -0.2) is 0 Å². The lowest BCUT2D eigenvalue weighted by atomic mass is 10.2. The zero-order valence-corrected chi connectivity index (χ0v) is 11.0. The topological polar surface area (TPSA) is 67.6 Å². The normalized spacial score (nSPS) is 20.2. The molecular formula is C13H19N3O3. The molecule has 1 aromatic rings. The van der Waals surface area contributed by atoms with E-state index in [0.29, 0.717) is 6.54 Å². The maximum Gasteiger partial charge on any atom is 0.271 e. The molecular weight excluding hydrogens is 246 g/mol. The van der Waals surface area contributed by atoms with E-state index in [9.17, 15) is 10.1 Å². The number of anilines is 1. The van der Waals surface area contributed by atoms with E-state index in [1.165, 1.54) is 6.07 Å². The Labute approximate surface area is 112 Å². The average molecular weight is 265 g/mol. The van der Waals surface area contributed by atoms with Crippen molar-refractivity contribution in [3.8, 4) is 0 Å². The van der Waals surface area contributed by atoms with E-state index >= 15 is 0 Å². The Kier molecular flexibility index (Phi) is 4.70. The first kappa shape index (κ1) is 13.8. The molecule has 19 heavy (non-hydrogen) atoms. The summed E-state index contributed by atoms with van der Waals surface area (Å²) in [6.07, 6.45) is 0.132. The number of likely N-dealkylation sites (N-methyl/N-ethyl adjacent to an activating group) is 1. The Bertz CT molecular complexity index is 439. The smallest absolute Gasteiger partial charge is 0.271 e. The van der Waals surface area contributed by atoms with E-state index in [-0.39, 0.29) is 16.7 Å². The van der Waals surface area contributed by atoms with Crippen LogP contribution in [0, 0.1) is 10.1 Å². The van der Waals surface area contributed by atoms with Gasteiger partial charge in [0.15, 0.2) is 0 Å². The number of hydrogen-bond acceptors (Lipinski definition) is 5. The molecule has 0 amide bonds. The van der Waals surface area contributed by atoms with Crippen molar-refractivity contribution >= 4 is 11.4 Å². The third kappa shape index (κ3) is 3.90. The van der Waals surface area contributed by atoms with E-state index in [0.717, 1.165) is 31.9 Å². The molecule has 1 aliphatic heterocycles. The molecule has 0 aromatic heterocycles. The minimum absolute atomic E-state index is 0.102. The van der Waals surface area contributed by atoms with Crippen molar-refractivity contribution in [3.05, 3.63) is 34.4 Å². The van der Waals surface area contributed by atoms with Crippen LogP contribution in [0.1, 0.15) is 6.92 Å². The predicted molar refractivity (Wildman–Crippen MR) is 73.4 cm³/mol. The van der Waals surface area contributed by atoms with Crippen molar-refractivity contribution in [2.75, 3.05) is 38.1 Å². The third-order valence-electron chi connectivity index (χ3n) is 3.26. The van der Waals surface area contributed by atoms with Crippen LogP contribution in [0.5, 0.6) is 0 Å². The molecule has 1 saturated heterocycles. The molecule has 1 heterocycles. The van der Waals surface area contributed by atoms with Gasteiger partial charge in [-0.1, -0.05) is 13.0 Å². The summed E-state index contributed by atoms with van der Waals surface area (Å²) in [5.41, 5.74) is 0.858. The summed E-state index contributed by atoms with van der Waals surface area (Å²) in [5.74, 6) is 0. The van der Waals surface area contributed by atoms with Gasteiger partial charge >= 0.3 is 0 Å². The lowest BCUT2D eigenvalue weighted by molar-refractivity contribution is -0.384. The quantitative estimate of drug-likeness (QED) is 0.648. The molecule has 2 rings (SSSR count). The van der Waals surface area contributed by atoms with E-state index in [1.54, 1.807) is 12.1 Å². The molecule has 0 radical (unpaired) electrons. The van der Waals surface area contributed by atoms with Crippen LogP contribution in [-0.4, -0.2) is 48.7 Å². The second-order valence-corrected chi connectivity index (χ2v) is 4.57.